The number of methoxy groups -OCH3 is 1. The highest BCUT2D eigenvalue weighted by molar-refractivity contribution is 7.80. The Morgan fingerprint density at radius 1 is 1.21 bits per heavy atom. The lowest BCUT2D eigenvalue weighted by atomic mass is 9.96. The number of fused-ring (bicyclic) bond motifs is 1. The zero-order valence-electron chi connectivity index (χ0n) is 17.7. The molecule has 29 heavy (non-hydrogen) atoms. The maximum Gasteiger partial charge on any atom is 0.253 e. The van der Waals surface area contributed by atoms with Crippen LogP contribution in [0, 0.1) is 0 Å². The molecule has 1 fully saturated rings. The van der Waals surface area contributed by atoms with E-state index in [4.69, 9.17) is 17.0 Å². The van der Waals surface area contributed by atoms with Crippen LogP contribution in [0.3, 0.4) is 0 Å². The van der Waals surface area contributed by atoms with E-state index in [1.54, 1.807) is 7.11 Å². The first kappa shape index (κ1) is 21.6. The van der Waals surface area contributed by atoms with Crippen LogP contribution >= 0.6 is 12.2 Å². The van der Waals surface area contributed by atoms with Gasteiger partial charge in [-0.2, -0.15) is 0 Å². The summed E-state index contributed by atoms with van der Waals surface area (Å²) in [7, 11) is 5.74. The Bertz CT molecular complexity index is 890. The van der Waals surface area contributed by atoms with Crippen molar-refractivity contribution in [1.82, 2.24) is 20.1 Å². The highest BCUT2D eigenvalue weighted by atomic mass is 32.1. The van der Waals surface area contributed by atoms with Crippen LogP contribution in [0.1, 0.15) is 37.7 Å². The van der Waals surface area contributed by atoms with Gasteiger partial charge >= 0.3 is 0 Å². The molecule has 1 aliphatic rings. The first-order valence-corrected chi connectivity index (χ1v) is 10.8. The van der Waals surface area contributed by atoms with Crippen molar-refractivity contribution >= 4 is 28.2 Å². The number of likely N-dealkylation sites (N-methyl/N-ethyl adjacent to an activating group) is 1. The van der Waals surface area contributed by atoms with Crippen LogP contribution < -0.4 is 15.6 Å². The molecule has 1 heterocycles. The SMILES string of the molecule is COc1ccc2[nH]c(=O)c(CN(CCN(C)C)C(=S)NC3CCCCC3)cc2c1. The summed E-state index contributed by atoms with van der Waals surface area (Å²) in [6, 6.07) is 8.06. The Morgan fingerprint density at radius 3 is 2.66 bits per heavy atom. The minimum absolute atomic E-state index is 0.0713. The number of H-pyrrole nitrogens is 1. The minimum atomic E-state index is -0.0713. The van der Waals surface area contributed by atoms with Crippen molar-refractivity contribution in [2.45, 2.75) is 44.7 Å². The van der Waals surface area contributed by atoms with Crippen molar-refractivity contribution in [1.29, 1.82) is 0 Å². The van der Waals surface area contributed by atoms with Crippen LogP contribution in [0.4, 0.5) is 0 Å². The zero-order chi connectivity index (χ0) is 20.8. The van der Waals surface area contributed by atoms with Gasteiger partial charge in [-0.1, -0.05) is 19.3 Å². The Labute approximate surface area is 178 Å². The van der Waals surface area contributed by atoms with Crippen molar-refractivity contribution in [2.75, 3.05) is 34.3 Å². The average Bonchev–Trinajstić information content (AvgIpc) is 2.71. The van der Waals surface area contributed by atoms with E-state index in [1.165, 1.54) is 19.3 Å². The first-order chi connectivity index (χ1) is 14.0. The maximum absolute atomic E-state index is 12.7. The third kappa shape index (κ3) is 5.93. The van der Waals surface area contributed by atoms with Gasteiger partial charge in [0.25, 0.3) is 5.56 Å². The van der Waals surface area contributed by atoms with Gasteiger partial charge in [-0.3, -0.25) is 4.79 Å². The smallest absolute Gasteiger partial charge is 0.253 e. The fourth-order valence-electron chi connectivity index (χ4n) is 3.77. The molecule has 0 spiro atoms. The van der Waals surface area contributed by atoms with E-state index in [-0.39, 0.29) is 5.56 Å². The molecular weight excluding hydrogens is 384 g/mol. The fourth-order valence-corrected chi connectivity index (χ4v) is 4.09. The number of benzene rings is 1. The van der Waals surface area contributed by atoms with Gasteiger partial charge in [-0.15, -0.1) is 0 Å². The molecule has 0 unspecified atom stereocenters. The predicted octanol–water partition coefficient (Wildman–Crippen LogP) is 3.11. The highest BCUT2D eigenvalue weighted by Crippen LogP contribution is 2.20. The van der Waals surface area contributed by atoms with Crippen LogP contribution in [0.5, 0.6) is 5.75 Å². The van der Waals surface area contributed by atoms with Crippen molar-refractivity contribution in [2.24, 2.45) is 0 Å². The number of ether oxygens (including phenoxy) is 1. The number of nitrogens with zero attached hydrogens (tertiary/aromatic N) is 2. The highest BCUT2D eigenvalue weighted by Gasteiger charge is 2.19. The molecule has 1 aliphatic carbocycles. The first-order valence-electron chi connectivity index (χ1n) is 10.4. The number of nitrogens with one attached hydrogen (secondary N) is 2. The molecule has 0 atom stereocenters. The molecule has 0 radical (unpaired) electrons. The number of pyridine rings is 1. The van der Waals surface area contributed by atoms with Gasteiger partial charge in [0.05, 0.1) is 13.7 Å². The molecule has 2 aromatic rings. The third-order valence-electron chi connectivity index (χ3n) is 5.53. The summed E-state index contributed by atoms with van der Waals surface area (Å²) in [5.74, 6) is 0.773. The monoisotopic (exact) mass is 416 g/mol. The second-order valence-electron chi connectivity index (χ2n) is 8.09. The van der Waals surface area contributed by atoms with Crippen LogP contribution in [-0.4, -0.2) is 60.2 Å². The van der Waals surface area contributed by atoms with Crippen molar-refractivity contribution in [3.63, 3.8) is 0 Å². The predicted molar refractivity (Wildman–Crippen MR) is 123 cm³/mol. The van der Waals surface area contributed by atoms with Crippen molar-refractivity contribution in [3.8, 4) is 5.75 Å². The molecule has 0 amide bonds. The normalized spacial score (nSPS) is 14.9. The lowest BCUT2D eigenvalue weighted by molar-refractivity contribution is 0.314. The van der Waals surface area contributed by atoms with Gasteiger partial charge < -0.3 is 24.8 Å². The van der Waals surface area contributed by atoms with Crippen LogP contribution in [0.25, 0.3) is 10.9 Å². The van der Waals surface area contributed by atoms with Crippen LogP contribution in [0.15, 0.2) is 29.1 Å². The molecule has 1 saturated carbocycles. The molecule has 1 aromatic carbocycles. The summed E-state index contributed by atoms with van der Waals surface area (Å²) in [6.07, 6.45) is 6.15. The second-order valence-corrected chi connectivity index (χ2v) is 8.47. The van der Waals surface area contributed by atoms with Gasteiger partial charge in [0.1, 0.15) is 5.75 Å². The molecule has 2 N–H and O–H groups in total. The molecular formula is C22H32N4O2S. The Hall–Kier alpha value is -2.12. The summed E-state index contributed by atoms with van der Waals surface area (Å²) in [5, 5.41) is 5.24. The number of rotatable bonds is 7. The number of aromatic nitrogens is 1. The lowest BCUT2D eigenvalue weighted by Gasteiger charge is -2.31. The molecule has 0 bridgehead atoms. The largest absolute Gasteiger partial charge is 0.497 e. The van der Waals surface area contributed by atoms with Crippen molar-refractivity contribution in [3.05, 3.63) is 40.2 Å². The molecule has 3 rings (SSSR count). The third-order valence-corrected chi connectivity index (χ3v) is 5.90. The van der Waals surface area contributed by atoms with Gasteiger partial charge in [-0.05, 0) is 63.4 Å². The van der Waals surface area contributed by atoms with E-state index in [1.807, 2.05) is 38.4 Å². The fraction of sp³-hybridized carbons (Fsp3) is 0.545. The average molecular weight is 417 g/mol. The summed E-state index contributed by atoms with van der Waals surface area (Å²) in [4.78, 5) is 19.9. The van der Waals surface area contributed by atoms with E-state index < -0.39 is 0 Å². The number of hydrogen-bond donors (Lipinski definition) is 2. The van der Waals surface area contributed by atoms with Gasteiger partial charge in [0.2, 0.25) is 0 Å². The van der Waals surface area contributed by atoms with Gasteiger partial charge in [0.15, 0.2) is 5.11 Å². The summed E-state index contributed by atoms with van der Waals surface area (Å²) in [5.41, 5.74) is 1.44. The van der Waals surface area contributed by atoms with Gasteiger partial charge in [-0.25, -0.2) is 0 Å². The summed E-state index contributed by atoms with van der Waals surface area (Å²) in [6.45, 7) is 2.11. The standard InChI is InChI=1S/C22H32N4O2S/c1-25(2)11-12-26(22(29)23-18-7-5-4-6-8-18)15-17-13-16-14-19(28-3)9-10-20(16)24-21(17)27/h9-10,13-14,18H,4-8,11-12,15H2,1-3H3,(H,23,29)(H,24,27). The molecule has 6 nitrogen and oxygen atoms in total. The van der Waals surface area contributed by atoms with E-state index in [9.17, 15) is 4.79 Å². The number of hydrogen-bond acceptors (Lipinski definition) is 4. The topological polar surface area (TPSA) is 60.6 Å². The molecule has 0 saturated heterocycles. The molecule has 1 aromatic heterocycles. The maximum atomic E-state index is 12.7. The van der Waals surface area contributed by atoms with E-state index in [2.05, 4.69) is 20.1 Å². The van der Waals surface area contributed by atoms with Gasteiger partial charge in [0, 0.05) is 35.6 Å². The molecule has 7 heteroatoms. The second kappa shape index (κ2) is 10.1. The molecule has 0 aliphatic heterocycles. The number of thiocarbonyl (C=S) groups is 1. The Morgan fingerprint density at radius 2 is 1.97 bits per heavy atom. The zero-order valence-corrected chi connectivity index (χ0v) is 18.5. The van der Waals surface area contributed by atoms with E-state index >= 15 is 0 Å². The summed E-state index contributed by atoms with van der Waals surface area (Å²) >= 11 is 5.75. The van der Waals surface area contributed by atoms with Crippen LogP contribution in [-0.2, 0) is 6.54 Å². The lowest BCUT2D eigenvalue weighted by Crippen LogP contribution is -2.47. The van der Waals surface area contributed by atoms with E-state index in [0.29, 0.717) is 18.2 Å². The summed E-state index contributed by atoms with van der Waals surface area (Å²) < 4.78 is 5.32. The molecule has 158 valence electrons. The Balaban J connectivity index is 1.80. The minimum Gasteiger partial charge on any atom is -0.497 e. The number of aromatic amines is 1. The van der Waals surface area contributed by atoms with Crippen molar-refractivity contribution < 1.29 is 4.74 Å². The van der Waals surface area contributed by atoms with Crippen LogP contribution in [0.2, 0.25) is 0 Å². The Kier molecular flexibility index (Phi) is 7.50. The quantitative estimate of drug-likeness (QED) is 0.677. The van der Waals surface area contributed by atoms with E-state index in [0.717, 1.165) is 47.7 Å².